The lowest BCUT2D eigenvalue weighted by atomic mass is 10.2. The topological polar surface area (TPSA) is 52.6 Å². The molecule has 2 N–H and O–H groups in total. The molecule has 1 aromatic carbocycles. The summed E-state index contributed by atoms with van der Waals surface area (Å²) in [5.74, 6) is 0.229. The van der Waals surface area contributed by atoms with Gasteiger partial charge in [-0.05, 0) is 30.7 Å². The first-order valence-electron chi connectivity index (χ1n) is 4.28. The van der Waals surface area contributed by atoms with Crippen molar-refractivity contribution in [3.63, 3.8) is 0 Å². The molecule has 0 fully saturated rings. The minimum Gasteiger partial charge on any atom is -0.508 e. The van der Waals surface area contributed by atoms with Gasteiger partial charge in [-0.25, -0.2) is 4.79 Å². The van der Waals surface area contributed by atoms with Gasteiger partial charge in [0.05, 0.1) is 0 Å². The number of aromatic hydroxyl groups is 1. The Bertz CT molecular complexity index is 348. The van der Waals surface area contributed by atoms with Crippen LogP contribution in [-0.2, 0) is 0 Å². The number of carbonyl (C=O) groups is 1. The number of phenols is 1. The summed E-state index contributed by atoms with van der Waals surface area (Å²) in [6, 6.07) is 4.75. The summed E-state index contributed by atoms with van der Waals surface area (Å²) in [6.07, 6.45) is 0. The number of hydrogen-bond donors (Lipinski definition) is 2. The Balaban J connectivity index is 2.78. The minimum atomic E-state index is -0.185. The maximum Gasteiger partial charge on any atom is 0.321 e. The Kier molecular flexibility index (Phi) is 2.96. The molecule has 0 unspecified atom stereocenters. The van der Waals surface area contributed by atoms with Crippen LogP contribution in [0.2, 0.25) is 0 Å². The highest BCUT2D eigenvalue weighted by atomic mass is 16.3. The quantitative estimate of drug-likeness (QED) is 0.670. The molecule has 1 aromatic rings. The van der Waals surface area contributed by atoms with E-state index in [4.69, 9.17) is 0 Å². The van der Waals surface area contributed by atoms with Crippen molar-refractivity contribution >= 4 is 11.7 Å². The summed E-state index contributed by atoms with van der Waals surface area (Å²) in [5, 5.41) is 11.9. The van der Waals surface area contributed by atoms with Gasteiger partial charge in [0.2, 0.25) is 0 Å². The molecule has 2 amide bonds. The molecule has 4 nitrogen and oxygen atoms in total. The molecule has 0 heterocycles. The normalized spacial score (nSPS) is 9.64. The van der Waals surface area contributed by atoms with E-state index in [0.717, 1.165) is 5.56 Å². The Hall–Kier alpha value is -1.71. The first-order valence-corrected chi connectivity index (χ1v) is 4.28. The lowest BCUT2D eigenvalue weighted by Gasteiger charge is -2.12. The van der Waals surface area contributed by atoms with Crippen molar-refractivity contribution in [2.75, 3.05) is 19.4 Å². The molecule has 14 heavy (non-hydrogen) atoms. The largest absolute Gasteiger partial charge is 0.508 e. The predicted molar refractivity (Wildman–Crippen MR) is 55.5 cm³/mol. The zero-order chi connectivity index (χ0) is 10.7. The maximum absolute atomic E-state index is 11.3. The molecule has 0 bridgehead atoms. The number of anilines is 1. The fourth-order valence-corrected chi connectivity index (χ4v) is 0.968. The van der Waals surface area contributed by atoms with Crippen molar-refractivity contribution in [1.82, 2.24) is 4.90 Å². The van der Waals surface area contributed by atoms with Crippen LogP contribution in [0.3, 0.4) is 0 Å². The van der Waals surface area contributed by atoms with Gasteiger partial charge in [0, 0.05) is 19.8 Å². The van der Waals surface area contributed by atoms with E-state index in [2.05, 4.69) is 5.32 Å². The van der Waals surface area contributed by atoms with Crippen molar-refractivity contribution in [2.45, 2.75) is 6.92 Å². The van der Waals surface area contributed by atoms with Crippen molar-refractivity contribution in [3.8, 4) is 5.75 Å². The molecule has 1 rings (SSSR count). The standard InChI is InChI=1S/C10H14N2O2/c1-7-6-8(4-5-9(7)13)11-10(14)12(2)3/h4-6,13H,1-3H3,(H,11,14). The van der Waals surface area contributed by atoms with E-state index in [1.165, 1.54) is 4.90 Å². The predicted octanol–water partition coefficient (Wildman–Crippen LogP) is 1.79. The third-order valence-electron chi connectivity index (χ3n) is 1.85. The summed E-state index contributed by atoms with van der Waals surface area (Å²) in [7, 11) is 3.34. The van der Waals surface area contributed by atoms with Crippen LogP contribution in [0.5, 0.6) is 5.75 Å². The summed E-state index contributed by atoms with van der Waals surface area (Å²) in [4.78, 5) is 12.7. The highest BCUT2D eigenvalue weighted by molar-refractivity contribution is 5.89. The summed E-state index contributed by atoms with van der Waals surface area (Å²) < 4.78 is 0. The Morgan fingerprint density at radius 1 is 1.43 bits per heavy atom. The van der Waals surface area contributed by atoms with Crippen LogP contribution in [-0.4, -0.2) is 30.1 Å². The molecule has 0 spiro atoms. The molecular formula is C10H14N2O2. The zero-order valence-electron chi connectivity index (χ0n) is 8.53. The molecule has 0 aromatic heterocycles. The molecule has 0 saturated carbocycles. The Morgan fingerprint density at radius 2 is 2.07 bits per heavy atom. The second-order valence-electron chi connectivity index (χ2n) is 3.33. The van der Waals surface area contributed by atoms with Gasteiger partial charge < -0.3 is 15.3 Å². The zero-order valence-corrected chi connectivity index (χ0v) is 8.53. The van der Waals surface area contributed by atoms with E-state index in [0.29, 0.717) is 5.69 Å². The minimum absolute atomic E-state index is 0.185. The fraction of sp³-hybridized carbons (Fsp3) is 0.300. The smallest absolute Gasteiger partial charge is 0.321 e. The third kappa shape index (κ3) is 2.39. The number of phenolic OH excluding ortho intramolecular Hbond substituents is 1. The van der Waals surface area contributed by atoms with E-state index in [-0.39, 0.29) is 11.8 Å². The van der Waals surface area contributed by atoms with Gasteiger partial charge in [0.25, 0.3) is 0 Å². The Labute approximate surface area is 83.2 Å². The van der Waals surface area contributed by atoms with Gasteiger partial charge >= 0.3 is 6.03 Å². The first kappa shape index (κ1) is 10.4. The van der Waals surface area contributed by atoms with E-state index < -0.39 is 0 Å². The van der Waals surface area contributed by atoms with Gasteiger partial charge in [-0.3, -0.25) is 0 Å². The van der Waals surface area contributed by atoms with Crippen LogP contribution in [0, 0.1) is 6.92 Å². The molecule has 0 aliphatic carbocycles. The van der Waals surface area contributed by atoms with Gasteiger partial charge in [-0.1, -0.05) is 0 Å². The average molecular weight is 194 g/mol. The Morgan fingerprint density at radius 3 is 2.57 bits per heavy atom. The second-order valence-corrected chi connectivity index (χ2v) is 3.33. The lowest BCUT2D eigenvalue weighted by molar-refractivity contribution is 0.230. The van der Waals surface area contributed by atoms with Crippen molar-refractivity contribution < 1.29 is 9.90 Å². The average Bonchev–Trinajstić information content (AvgIpc) is 2.11. The summed E-state index contributed by atoms with van der Waals surface area (Å²) in [5.41, 5.74) is 1.42. The molecule has 0 aliphatic rings. The van der Waals surface area contributed by atoms with Gasteiger partial charge in [-0.2, -0.15) is 0 Å². The highest BCUT2D eigenvalue weighted by Gasteiger charge is 2.04. The van der Waals surface area contributed by atoms with Crippen molar-refractivity contribution in [2.24, 2.45) is 0 Å². The van der Waals surface area contributed by atoms with Crippen molar-refractivity contribution in [3.05, 3.63) is 23.8 Å². The van der Waals surface area contributed by atoms with Crippen LogP contribution in [0.1, 0.15) is 5.56 Å². The van der Waals surface area contributed by atoms with E-state index in [1.807, 2.05) is 0 Å². The molecule has 0 atom stereocenters. The number of nitrogens with zero attached hydrogens (tertiary/aromatic N) is 1. The number of aryl methyl sites for hydroxylation is 1. The second kappa shape index (κ2) is 4.00. The number of rotatable bonds is 1. The van der Waals surface area contributed by atoms with E-state index >= 15 is 0 Å². The number of urea groups is 1. The van der Waals surface area contributed by atoms with Crippen LogP contribution in [0.15, 0.2) is 18.2 Å². The lowest BCUT2D eigenvalue weighted by Crippen LogP contribution is -2.27. The number of nitrogens with one attached hydrogen (secondary N) is 1. The monoisotopic (exact) mass is 194 g/mol. The summed E-state index contributed by atoms with van der Waals surface area (Å²) >= 11 is 0. The molecule has 76 valence electrons. The molecule has 0 radical (unpaired) electrons. The van der Waals surface area contributed by atoms with Gasteiger partial charge in [-0.15, -0.1) is 0 Å². The van der Waals surface area contributed by atoms with E-state index in [9.17, 15) is 9.90 Å². The number of amides is 2. The molecule has 4 heteroatoms. The molecular weight excluding hydrogens is 180 g/mol. The fourth-order valence-electron chi connectivity index (χ4n) is 0.968. The maximum atomic E-state index is 11.3. The SMILES string of the molecule is Cc1cc(NC(=O)N(C)C)ccc1O. The summed E-state index contributed by atoms with van der Waals surface area (Å²) in [6.45, 7) is 1.78. The number of hydrogen-bond acceptors (Lipinski definition) is 2. The van der Waals surface area contributed by atoms with Crippen molar-refractivity contribution in [1.29, 1.82) is 0 Å². The van der Waals surface area contributed by atoms with Crippen LogP contribution >= 0.6 is 0 Å². The first-order chi connectivity index (χ1) is 6.50. The van der Waals surface area contributed by atoms with Crippen LogP contribution in [0.4, 0.5) is 10.5 Å². The third-order valence-corrected chi connectivity index (χ3v) is 1.85. The number of benzene rings is 1. The van der Waals surface area contributed by atoms with Crippen LogP contribution < -0.4 is 5.32 Å². The van der Waals surface area contributed by atoms with Gasteiger partial charge in [0.1, 0.15) is 5.75 Å². The molecule has 0 aliphatic heterocycles. The molecule has 0 saturated heterocycles. The van der Waals surface area contributed by atoms with E-state index in [1.54, 1.807) is 39.2 Å². The highest BCUT2D eigenvalue weighted by Crippen LogP contribution is 2.20. The van der Waals surface area contributed by atoms with Gasteiger partial charge in [0.15, 0.2) is 0 Å². The van der Waals surface area contributed by atoms with Crippen LogP contribution in [0.25, 0.3) is 0 Å². The number of carbonyl (C=O) groups excluding carboxylic acids is 1.